The third-order valence-corrected chi connectivity index (χ3v) is 4.62. The van der Waals surface area contributed by atoms with Gasteiger partial charge in [-0.2, -0.15) is 5.10 Å². The second kappa shape index (κ2) is 6.52. The predicted molar refractivity (Wildman–Crippen MR) is 77.7 cm³/mol. The molecule has 1 aromatic carbocycles. The molecular weight excluding hydrogens is 328 g/mol. The lowest BCUT2D eigenvalue weighted by Crippen LogP contribution is -2.33. The number of benzene rings is 1. The van der Waals surface area contributed by atoms with E-state index in [9.17, 15) is 13.9 Å². The molecule has 3 rings (SSSR count). The summed E-state index contributed by atoms with van der Waals surface area (Å²) in [4.78, 5) is 4.08. The van der Waals surface area contributed by atoms with Crippen molar-refractivity contribution in [1.29, 1.82) is 0 Å². The van der Waals surface area contributed by atoms with Crippen molar-refractivity contribution >= 4 is 11.8 Å². The molecule has 1 aliphatic heterocycles. The first-order chi connectivity index (χ1) is 11.0. The van der Waals surface area contributed by atoms with Gasteiger partial charge in [-0.3, -0.25) is 0 Å². The molecule has 1 saturated heterocycles. The zero-order valence-electron chi connectivity index (χ0n) is 12.3. The van der Waals surface area contributed by atoms with E-state index in [4.69, 9.17) is 9.47 Å². The summed E-state index contributed by atoms with van der Waals surface area (Å²) in [6.07, 6.45) is 0.833. The number of halogens is 2. The second-order valence-electron chi connectivity index (χ2n) is 5.07. The van der Waals surface area contributed by atoms with Gasteiger partial charge in [-0.25, -0.2) is 18.4 Å². The smallest absolute Gasteiger partial charge is 0.208 e. The maximum atomic E-state index is 14.2. The van der Waals surface area contributed by atoms with Crippen molar-refractivity contribution in [2.24, 2.45) is 7.05 Å². The lowest BCUT2D eigenvalue weighted by Gasteiger charge is -2.28. The van der Waals surface area contributed by atoms with E-state index in [-0.39, 0.29) is 24.5 Å². The van der Waals surface area contributed by atoms with Crippen molar-refractivity contribution in [3.05, 3.63) is 41.7 Å². The van der Waals surface area contributed by atoms with Gasteiger partial charge in [-0.1, -0.05) is 11.8 Å². The van der Waals surface area contributed by atoms with E-state index in [1.54, 1.807) is 11.7 Å². The molecule has 2 aromatic rings. The van der Waals surface area contributed by atoms with E-state index >= 15 is 0 Å². The highest BCUT2D eigenvalue weighted by Gasteiger charge is 2.45. The SMILES string of the molecule is Cn1ncnc1SC[C@@]1(c2ccc(F)cc2F)OC[C@@H](CO)O1. The fourth-order valence-electron chi connectivity index (χ4n) is 2.32. The van der Waals surface area contributed by atoms with Crippen LogP contribution in [0.25, 0.3) is 0 Å². The highest BCUT2D eigenvalue weighted by molar-refractivity contribution is 7.99. The van der Waals surface area contributed by atoms with E-state index in [2.05, 4.69) is 10.1 Å². The van der Waals surface area contributed by atoms with Crippen molar-refractivity contribution in [2.75, 3.05) is 19.0 Å². The number of rotatable bonds is 5. The highest BCUT2D eigenvalue weighted by Crippen LogP contribution is 2.39. The van der Waals surface area contributed by atoms with Crippen LogP contribution in [-0.2, 0) is 22.3 Å². The summed E-state index contributed by atoms with van der Waals surface area (Å²) < 4.78 is 40.4. The van der Waals surface area contributed by atoms with Crippen molar-refractivity contribution in [1.82, 2.24) is 14.8 Å². The number of hydrogen-bond donors (Lipinski definition) is 1. The maximum absolute atomic E-state index is 14.2. The average molecular weight is 343 g/mol. The van der Waals surface area contributed by atoms with Crippen LogP contribution < -0.4 is 0 Å². The number of aryl methyl sites for hydroxylation is 1. The minimum atomic E-state index is -1.41. The zero-order chi connectivity index (χ0) is 16.4. The Labute approximate surface area is 135 Å². The van der Waals surface area contributed by atoms with Gasteiger partial charge >= 0.3 is 0 Å². The Morgan fingerprint density at radius 2 is 2.30 bits per heavy atom. The Morgan fingerprint density at radius 1 is 1.48 bits per heavy atom. The lowest BCUT2D eigenvalue weighted by molar-refractivity contribution is -0.163. The Hall–Kier alpha value is -1.55. The van der Waals surface area contributed by atoms with Gasteiger partial charge in [0.25, 0.3) is 0 Å². The van der Waals surface area contributed by atoms with Crippen molar-refractivity contribution in [3.63, 3.8) is 0 Å². The number of aromatic nitrogens is 3. The normalized spacial score (nSPS) is 24.3. The first-order valence-electron chi connectivity index (χ1n) is 6.89. The monoisotopic (exact) mass is 343 g/mol. The predicted octanol–water partition coefficient (Wildman–Crippen LogP) is 1.45. The second-order valence-corrected chi connectivity index (χ2v) is 6.01. The van der Waals surface area contributed by atoms with E-state index in [0.717, 1.165) is 12.1 Å². The molecule has 0 unspecified atom stereocenters. The fourth-order valence-corrected chi connectivity index (χ4v) is 3.31. The molecule has 0 amide bonds. The molecule has 2 atom stereocenters. The Bertz CT molecular complexity index is 700. The van der Waals surface area contributed by atoms with Gasteiger partial charge in [0, 0.05) is 18.7 Å². The fraction of sp³-hybridized carbons (Fsp3) is 0.429. The van der Waals surface area contributed by atoms with E-state index in [0.29, 0.717) is 5.16 Å². The molecule has 23 heavy (non-hydrogen) atoms. The van der Waals surface area contributed by atoms with Crippen molar-refractivity contribution < 1.29 is 23.4 Å². The van der Waals surface area contributed by atoms with Crippen LogP contribution >= 0.6 is 11.8 Å². The van der Waals surface area contributed by atoms with Crippen LogP contribution in [0.15, 0.2) is 29.7 Å². The third-order valence-electron chi connectivity index (χ3n) is 3.47. The Kier molecular flexibility index (Phi) is 4.62. The minimum Gasteiger partial charge on any atom is -0.394 e. The van der Waals surface area contributed by atoms with Gasteiger partial charge < -0.3 is 14.6 Å². The number of aliphatic hydroxyl groups excluding tert-OH is 1. The van der Waals surface area contributed by atoms with Gasteiger partial charge in [0.15, 0.2) is 5.16 Å². The number of thioether (sulfide) groups is 1. The van der Waals surface area contributed by atoms with Crippen LogP contribution in [-0.4, -0.2) is 44.9 Å². The third kappa shape index (κ3) is 3.23. The van der Waals surface area contributed by atoms with Crippen LogP contribution in [0.4, 0.5) is 8.78 Å². The van der Waals surface area contributed by atoms with E-state index < -0.39 is 23.5 Å². The van der Waals surface area contributed by atoms with Gasteiger partial charge in [0.05, 0.1) is 19.0 Å². The van der Waals surface area contributed by atoms with Crippen LogP contribution in [0, 0.1) is 11.6 Å². The molecule has 0 aliphatic carbocycles. The summed E-state index contributed by atoms with van der Waals surface area (Å²) in [5.74, 6) is -2.68. The summed E-state index contributed by atoms with van der Waals surface area (Å²) in [5.41, 5.74) is 0.0875. The maximum Gasteiger partial charge on any atom is 0.208 e. The molecule has 0 saturated carbocycles. The van der Waals surface area contributed by atoms with E-state index in [1.165, 1.54) is 24.2 Å². The van der Waals surface area contributed by atoms with Crippen molar-refractivity contribution in [3.8, 4) is 0 Å². The lowest BCUT2D eigenvalue weighted by atomic mass is 10.1. The van der Waals surface area contributed by atoms with Gasteiger partial charge in [-0.15, -0.1) is 0 Å². The van der Waals surface area contributed by atoms with Crippen LogP contribution in [0.2, 0.25) is 0 Å². The number of ether oxygens (including phenoxy) is 2. The highest BCUT2D eigenvalue weighted by atomic mass is 32.2. The van der Waals surface area contributed by atoms with Gasteiger partial charge in [0.2, 0.25) is 5.79 Å². The molecule has 0 radical (unpaired) electrons. The molecule has 6 nitrogen and oxygen atoms in total. The average Bonchev–Trinajstić information content (AvgIpc) is 3.12. The zero-order valence-corrected chi connectivity index (χ0v) is 13.1. The molecule has 124 valence electrons. The number of nitrogens with zero attached hydrogens (tertiary/aromatic N) is 3. The first-order valence-corrected chi connectivity index (χ1v) is 7.87. The summed E-state index contributed by atoms with van der Waals surface area (Å²) in [6, 6.07) is 3.22. The molecule has 2 heterocycles. The number of hydrogen-bond acceptors (Lipinski definition) is 6. The topological polar surface area (TPSA) is 69.4 Å². The summed E-state index contributed by atoms with van der Waals surface area (Å²) in [6.45, 7) is -0.133. The molecule has 1 N–H and O–H groups in total. The van der Waals surface area contributed by atoms with Gasteiger partial charge in [-0.05, 0) is 12.1 Å². The Morgan fingerprint density at radius 3 is 2.91 bits per heavy atom. The number of aliphatic hydroxyl groups is 1. The van der Waals surface area contributed by atoms with Crippen molar-refractivity contribution in [2.45, 2.75) is 17.0 Å². The molecule has 9 heteroatoms. The largest absolute Gasteiger partial charge is 0.394 e. The molecule has 1 aromatic heterocycles. The van der Waals surface area contributed by atoms with Crippen LogP contribution in [0.3, 0.4) is 0 Å². The first kappa shape index (κ1) is 16.3. The quantitative estimate of drug-likeness (QED) is 0.829. The summed E-state index contributed by atoms with van der Waals surface area (Å²) in [7, 11) is 1.73. The van der Waals surface area contributed by atoms with E-state index in [1.807, 2.05) is 0 Å². The molecule has 1 aliphatic rings. The minimum absolute atomic E-state index is 0.0875. The van der Waals surface area contributed by atoms with Crippen LogP contribution in [0.1, 0.15) is 5.56 Å². The van der Waals surface area contributed by atoms with Gasteiger partial charge in [0.1, 0.15) is 24.1 Å². The molecule has 0 spiro atoms. The summed E-state index contributed by atoms with van der Waals surface area (Å²) in [5, 5.41) is 13.8. The standard InChI is InChI=1S/C14H15F2N3O3S/c1-19-13(17-8-18-19)23-7-14(21-6-10(5-20)22-14)11-3-2-9(15)4-12(11)16/h2-4,8,10,20H,5-7H2,1H3/t10-,14-/m1/s1. The van der Waals surface area contributed by atoms with Crippen LogP contribution in [0.5, 0.6) is 0 Å². The Balaban J connectivity index is 1.90. The molecular formula is C14H15F2N3O3S. The molecule has 1 fully saturated rings. The summed E-state index contributed by atoms with van der Waals surface area (Å²) >= 11 is 1.27. The molecule has 0 bridgehead atoms.